The van der Waals surface area contributed by atoms with Gasteiger partial charge in [-0.25, -0.2) is 4.79 Å². The lowest BCUT2D eigenvalue weighted by molar-refractivity contribution is 0.0539. The number of carbonyl (C=O) groups excluding carboxylic acids is 1. The first-order valence-corrected chi connectivity index (χ1v) is 13.0. The van der Waals surface area contributed by atoms with Crippen LogP contribution in [0.4, 0.5) is 4.79 Å². The van der Waals surface area contributed by atoms with Crippen LogP contribution in [-0.4, -0.2) is 29.7 Å². The Balaban J connectivity index is 1.23. The number of piperidine rings is 1. The third-order valence-corrected chi connectivity index (χ3v) is 8.11. The fraction of sp³-hybridized carbons (Fsp3) is 0.344. The molecule has 0 N–H and O–H groups in total. The number of ether oxygens (including phenoxy) is 1. The maximum absolute atomic E-state index is 13.5. The fourth-order valence-corrected chi connectivity index (χ4v) is 6.48. The van der Waals surface area contributed by atoms with E-state index in [4.69, 9.17) is 4.74 Å². The maximum Gasteiger partial charge on any atom is 0.410 e. The minimum atomic E-state index is -0.158. The van der Waals surface area contributed by atoms with E-state index in [1.165, 1.54) is 39.0 Å². The van der Waals surface area contributed by atoms with Crippen LogP contribution in [0.25, 0.3) is 16.7 Å². The van der Waals surface area contributed by atoms with E-state index in [2.05, 4.69) is 92.7 Å². The molecule has 0 radical (unpaired) electrons. The van der Waals surface area contributed by atoms with Gasteiger partial charge in [0.1, 0.15) is 6.61 Å². The molecule has 3 aromatic rings. The molecule has 2 unspecified atom stereocenters. The van der Waals surface area contributed by atoms with Gasteiger partial charge in [0.05, 0.1) is 6.04 Å². The molecule has 6 rings (SSSR count). The van der Waals surface area contributed by atoms with E-state index in [1.807, 2.05) is 4.90 Å². The maximum atomic E-state index is 13.5. The van der Waals surface area contributed by atoms with Crippen molar-refractivity contribution in [1.29, 1.82) is 0 Å². The Kier molecular flexibility index (Phi) is 5.72. The lowest BCUT2D eigenvalue weighted by Crippen LogP contribution is -2.52. The molecule has 1 amide bonds. The molecule has 2 atom stereocenters. The van der Waals surface area contributed by atoms with Crippen molar-refractivity contribution in [3.63, 3.8) is 0 Å². The standard InChI is InChI=1S/C32H33NO2/c1-21(2)25-12-3-4-13-26(25)22-18-23-10-9-11-24(19-22)33(23)32(34)35-20-31-29-16-7-5-14-27(29)28-15-6-8-17-30(28)31/h3-8,12-18,21,23-24,31H,9-11,19-20H2,1-2H3. The monoisotopic (exact) mass is 463 g/mol. The Labute approximate surface area is 208 Å². The molecule has 1 aliphatic carbocycles. The van der Waals surface area contributed by atoms with E-state index in [0.717, 1.165) is 25.7 Å². The van der Waals surface area contributed by atoms with Crippen molar-refractivity contribution < 1.29 is 9.53 Å². The van der Waals surface area contributed by atoms with E-state index in [-0.39, 0.29) is 24.1 Å². The van der Waals surface area contributed by atoms with E-state index in [1.54, 1.807) is 0 Å². The largest absolute Gasteiger partial charge is 0.448 e. The van der Waals surface area contributed by atoms with Gasteiger partial charge in [0, 0.05) is 12.0 Å². The number of hydrogen-bond donors (Lipinski definition) is 0. The summed E-state index contributed by atoms with van der Waals surface area (Å²) < 4.78 is 6.08. The molecule has 0 spiro atoms. The quantitative estimate of drug-likeness (QED) is 0.395. The molecule has 0 aromatic heterocycles. The number of hydrogen-bond acceptors (Lipinski definition) is 2. The highest BCUT2D eigenvalue weighted by Gasteiger charge is 2.39. The Hall–Kier alpha value is -3.33. The number of fused-ring (bicyclic) bond motifs is 5. The molecule has 3 aromatic carbocycles. The SMILES string of the molecule is CC(C)c1ccccc1C1=CC2CCCC(C1)N2C(=O)OCC1c2ccccc2-c2ccccc21. The average molecular weight is 464 g/mol. The van der Waals surface area contributed by atoms with Crippen LogP contribution < -0.4 is 0 Å². The molecule has 2 heterocycles. The molecular formula is C32H33NO2. The van der Waals surface area contributed by atoms with Crippen LogP contribution in [0.15, 0.2) is 78.9 Å². The summed E-state index contributed by atoms with van der Waals surface area (Å²) in [6.45, 7) is 4.90. The van der Waals surface area contributed by atoms with Crippen LogP contribution >= 0.6 is 0 Å². The van der Waals surface area contributed by atoms with Crippen molar-refractivity contribution >= 4 is 11.7 Å². The molecule has 3 heteroatoms. The molecule has 1 fully saturated rings. The number of rotatable bonds is 4. The van der Waals surface area contributed by atoms with Gasteiger partial charge in [-0.3, -0.25) is 4.90 Å². The molecule has 1 saturated heterocycles. The van der Waals surface area contributed by atoms with Gasteiger partial charge in [-0.05, 0) is 70.6 Å². The number of benzene rings is 3. The summed E-state index contributed by atoms with van der Waals surface area (Å²) in [5, 5.41) is 0. The lowest BCUT2D eigenvalue weighted by Gasteiger charge is -2.44. The first-order chi connectivity index (χ1) is 17.1. The van der Waals surface area contributed by atoms with Gasteiger partial charge in [-0.15, -0.1) is 0 Å². The van der Waals surface area contributed by atoms with Gasteiger partial charge in [0.15, 0.2) is 0 Å². The zero-order valence-electron chi connectivity index (χ0n) is 20.6. The summed E-state index contributed by atoms with van der Waals surface area (Å²) in [7, 11) is 0. The van der Waals surface area contributed by atoms with Crippen LogP contribution in [-0.2, 0) is 4.74 Å². The van der Waals surface area contributed by atoms with E-state index in [9.17, 15) is 4.79 Å². The first-order valence-electron chi connectivity index (χ1n) is 13.0. The number of amides is 1. The van der Waals surface area contributed by atoms with Crippen LogP contribution in [0.5, 0.6) is 0 Å². The van der Waals surface area contributed by atoms with Crippen LogP contribution in [0.3, 0.4) is 0 Å². The number of nitrogens with zero attached hydrogens (tertiary/aromatic N) is 1. The summed E-state index contributed by atoms with van der Waals surface area (Å²) in [6, 6.07) is 26.1. The van der Waals surface area contributed by atoms with Crippen LogP contribution in [0, 0.1) is 0 Å². The lowest BCUT2D eigenvalue weighted by atomic mass is 9.81. The zero-order chi connectivity index (χ0) is 23.9. The topological polar surface area (TPSA) is 29.5 Å². The van der Waals surface area contributed by atoms with E-state index in [0.29, 0.717) is 12.5 Å². The van der Waals surface area contributed by atoms with Crippen molar-refractivity contribution in [3.8, 4) is 11.1 Å². The minimum absolute atomic E-state index is 0.0972. The highest BCUT2D eigenvalue weighted by Crippen LogP contribution is 2.45. The van der Waals surface area contributed by atoms with Gasteiger partial charge in [-0.2, -0.15) is 0 Å². The van der Waals surface area contributed by atoms with Crippen LogP contribution in [0.2, 0.25) is 0 Å². The summed E-state index contributed by atoms with van der Waals surface area (Å²) in [6.07, 6.45) is 6.31. The van der Waals surface area contributed by atoms with Gasteiger partial charge < -0.3 is 4.74 Å². The van der Waals surface area contributed by atoms with Crippen LogP contribution in [0.1, 0.15) is 73.6 Å². The summed E-state index contributed by atoms with van der Waals surface area (Å²) >= 11 is 0. The average Bonchev–Trinajstić information content (AvgIpc) is 3.20. The molecule has 35 heavy (non-hydrogen) atoms. The molecule has 0 saturated carbocycles. The van der Waals surface area contributed by atoms with Crippen molar-refractivity contribution in [1.82, 2.24) is 4.90 Å². The summed E-state index contributed by atoms with van der Waals surface area (Å²) in [4.78, 5) is 15.5. The Morgan fingerprint density at radius 2 is 1.51 bits per heavy atom. The first kappa shape index (κ1) is 22.2. The Morgan fingerprint density at radius 3 is 2.17 bits per heavy atom. The van der Waals surface area contributed by atoms with E-state index < -0.39 is 0 Å². The predicted octanol–water partition coefficient (Wildman–Crippen LogP) is 7.77. The molecule has 2 aliphatic heterocycles. The highest BCUT2D eigenvalue weighted by molar-refractivity contribution is 5.79. The molecule has 3 nitrogen and oxygen atoms in total. The fourth-order valence-electron chi connectivity index (χ4n) is 6.48. The second kappa shape index (κ2) is 9.03. The van der Waals surface area contributed by atoms with Crippen molar-refractivity contribution in [2.75, 3.05) is 6.61 Å². The smallest absolute Gasteiger partial charge is 0.410 e. The minimum Gasteiger partial charge on any atom is -0.448 e. The Bertz CT molecular complexity index is 1240. The van der Waals surface area contributed by atoms with Crippen molar-refractivity contribution in [2.45, 2.75) is 63.5 Å². The van der Waals surface area contributed by atoms with Crippen molar-refractivity contribution in [2.24, 2.45) is 0 Å². The van der Waals surface area contributed by atoms with Gasteiger partial charge in [-0.1, -0.05) is 92.7 Å². The number of carbonyl (C=O) groups is 1. The molecule has 2 bridgehead atoms. The summed E-state index contributed by atoms with van der Waals surface area (Å²) in [5.41, 5.74) is 9.18. The van der Waals surface area contributed by atoms with Crippen molar-refractivity contribution in [3.05, 3.63) is 101 Å². The second-order valence-corrected chi connectivity index (χ2v) is 10.5. The van der Waals surface area contributed by atoms with Gasteiger partial charge in [0.25, 0.3) is 0 Å². The Morgan fingerprint density at radius 1 is 0.886 bits per heavy atom. The van der Waals surface area contributed by atoms with Gasteiger partial charge in [0.2, 0.25) is 0 Å². The molecular weight excluding hydrogens is 430 g/mol. The molecule has 178 valence electrons. The normalized spacial score (nSPS) is 20.9. The van der Waals surface area contributed by atoms with Gasteiger partial charge >= 0.3 is 6.09 Å². The predicted molar refractivity (Wildman–Crippen MR) is 141 cm³/mol. The summed E-state index contributed by atoms with van der Waals surface area (Å²) in [5.74, 6) is 0.576. The second-order valence-electron chi connectivity index (χ2n) is 10.5. The highest BCUT2D eigenvalue weighted by atomic mass is 16.6. The third kappa shape index (κ3) is 3.87. The third-order valence-electron chi connectivity index (χ3n) is 8.11. The van der Waals surface area contributed by atoms with E-state index >= 15 is 0 Å². The molecule has 3 aliphatic rings. The zero-order valence-corrected chi connectivity index (χ0v) is 20.6.